The fraction of sp³-hybridized carbons (Fsp3) is 0.600. The van der Waals surface area contributed by atoms with E-state index >= 15 is 0 Å². The Morgan fingerprint density at radius 2 is 1.21 bits per heavy atom. The fourth-order valence-corrected chi connectivity index (χ4v) is 1.56. The van der Waals surface area contributed by atoms with Crippen molar-refractivity contribution in [1.29, 1.82) is 0 Å². The molecule has 0 aromatic heterocycles. The summed E-state index contributed by atoms with van der Waals surface area (Å²) in [5, 5.41) is 0. The molecule has 0 aromatic carbocycles. The summed E-state index contributed by atoms with van der Waals surface area (Å²) >= 11 is 0. The van der Waals surface area contributed by atoms with Crippen LogP contribution in [0.2, 0.25) is 0 Å². The van der Waals surface area contributed by atoms with Crippen molar-refractivity contribution >= 4 is 0 Å². The molecule has 1 rings (SSSR count). The van der Waals surface area contributed by atoms with Gasteiger partial charge in [0.2, 0.25) is 0 Å². The first kappa shape index (κ1) is 11.1. The van der Waals surface area contributed by atoms with Crippen molar-refractivity contribution in [2.75, 3.05) is 14.2 Å². The van der Waals surface area contributed by atoms with Crippen LogP contribution in [0.5, 0.6) is 0 Å². The smallest absolute Gasteiger partial charge is 0.117 e. The van der Waals surface area contributed by atoms with Crippen molar-refractivity contribution in [2.45, 2.75) is 24.9 Å². The van der Waals surface area contributed by atoms with Gasteiger partial charge < -0.3 is 20.9 Å². The Morgan fingerprint density at radius 1 is 0.929 bits per heavy atom. The van der Waals surface area contributed by atoms with Crippen LogP contribution in [-0.2, 0) is 9.47 Å². The third kappa shape index (κ3) is 1.76. The monoisotopic (exact) mass is 198 g/mol. The van der Waals surface area contributed by atoms with Gasteiger partial charge in [-0.15, -0.1) is 0 Å². The normalized spacial score (nSPS) is 37.3. The molecule has 4 heteroatoms. The maximum absolute atomic E-state index is 6.01. The van der Waals surface area contributed by atoms with E-state index < -0.39 is 11.1 Å². The van der Waals surface area contributed by atoms with Gasteiger partial charge in [0.15, 0.2) is 0 Å². The van der Waals surface area contributed by atoms with Gasteiger partial charge in [-0.1, -0.05) is 0 Å². The minimum absolute atomic E-state index is 0.654. The van der Waals surface area contributed by atoms with Crippen molar-refractivity contribution < 1.29 is 9.47 Å². The number of nitrogens with two attached hydrogens (primary N) is 2. The highest BCUT2D eigenvalue weighted by atomic mass is 16.5. The number of hydrogen-bond acceptors (Lipinski definition) is 4. The molecule has 0 fully saturated rings. The highest BCUT2D eigenvalue weighted by molar-refractivity contribution is 5.38. The van der Waals surface area contributed by atoms with Crippen LogP contribution in [0, 0.1) is 0 Å². The molecule has 0 amide bonds. The molecule has 2 unspecified atom stereocenters. The second-order valence-electron chi connectivity index (χ2n) is 3.99. The van der Waals surface area contributed by atoms with Gasteiger partial charge in [0, 0.05) is 0 Å². The SMILES string of the molecule is COC1=CC(C)(N)C(OC)=CC1(C)N. The van der Waals surface area contributed by atoms with Crippen molar-refractivity contribution in [2.24, 2.45) is 11.5 Å². The minimum Gasteiger partial charge on any atom is -0.499 e. The van der Waals surface area contributed by atoms with Gasteiger partial charge in [-0.2, -0.15) is 0 Å². The van der Waals surface area contributed by atoms with E-state index in [1.165, 1.54) is 0 Å². The molecule has 0 spiro atoms. The maximum Gasteiger partial charge on any atom is 0.117 e. The van der Waals surface area contributed by atoms with Gasteiger partial charge in [0.25, 0.3) is 0 Å². The molecule has 0 bridgehead atoms. The van der Waals surface area contributed by atoms with Crippen molar-refractivity contribution in [3.63, 3.8) is 0 Å². The Bertz CT molecular complexity index is 260. The van der Waals surface area contributed by atoms with Gasteiger partial charge >= 0.3 is 0 Å². The number of hydrogen-bond donors (Lipinski definition) is 2. The highest BCUT2D eigenvalue weighted by Crippen LogP contribution is 2.30. The molecule has 2 atom stereocenters. The van der Waals surface area contributed by atoms with Crippen LogP contribution in [-0.4, -0.2) is 25.3 Å². The molecular formula is C10H18N2O2. The number of methoxy groups -OCH3 is 2. The summed E-state index contributed by atoms with van der Waals surface area (Å²) in [5.41, 5.74) is 10.7. The van der Waals surface area contributed by atoms with Crippen LogP contribution in [0.25, 0.3) is 0 Å². The zero-order valence-electron chi connectivity index (χ0n) is 9.13. The van der Waals surface area contributed by atoms with E-state index in [1.54, 1.807) is 26.4 Å². The maximum atomic E-state index is 6.01. The van der Waals surface area contributed by atoms with Crippen molar-refractivity contribution in [1.82, 2.24) is 0 Å². The Balaban J connectivity index is 3.14. The molecule has 14 heavy (non-hydrogen) atoms. The largest absolute Gasteiger partial charge is 0.499 e. The standard InChI is InChI=1S/C10H18N2O2/c1-9(11)5-8(14-4)10(2,12)6-7(9)13-3/h5-6H,11-12H2,1-4H3. The van der Waals surface area contributed by atoms with Crippen LogP contribution in [0.3, 0.4) is 0 Å². The van der Waals surface area contributed by atoms with Crippen LogP contribution in [0.4, 0.5) is 0 Å². The molecule has 0 aromatic rings. The van der Waals surface area contributed by atoms with E-state index in [0.717, 1.165) is 0 Å². The summed E-state index contributed by atoms with van der Waals surface area (Å²) in [6.45, 7) is 3.69. The van der Waals surface area contributed by atoms with E-state index in [0.29, 0.717) is 11.5 Å². The molecule has 80 valence electrons. The predicted octanol–water partition coefficient (Wildman–Crippen LogP) is 0.495. The molecule has 4 nitrogen and oxygen atoms in total. The van der Waals surface area contributed by atoms with E-state index in [-0.39, 0.29) is 0 Å². The third-order valence-electron chi connectivity index (χ3n) is 2.36. The minimum atomic E-state index is -0.654. The van der Waals surface area contributed by atoms with E-state index in [1.807, 2.05) is 13.8 Å². The molecule has 0 heterocycles. The quantitative estimate of drug-likeness (QED) is 0.677. The lowest BCUT2D eigenvalue weighted by Gasteiger charge is -2.35. The summed E-state index contributed by atoms with van der Waals surface area (Å²) in [6, 6.07) is 0. The molecular weight excluding hydrogens is 180 g/mol. The summed E-state index contributed by atoms with van der Waals surface area (Å²) < 4.78 is 10.4. The van der Waals surface area contributed by atoms with E-state index in [9.17, 15) is 0 Å². The molecule has 1 aliphatic rings. The van der Waals surface area contributed by atoms with E-state index in [2.05, 4.69) is 0 Å². The Morgan fingerprint density at radius 3 is 1.43 bits per heavy atom. The lowest BCUT2D eigenvalue weighted by Crippen LogP contribution is -2.48. The summed E-state index contributed by atoms with van der Waals surface area (Å²) in [7, 11) is 3.16. The lowest BCUT2D eigenvalue weighted by atomic mass is 9.85. The van der Waals surface area contributed by atoms with Gasteiger partial charge in [-0.25, -0.2) is 0 Å². The second kappa shape index (κ2) is 3.29. The third-order valence-corrected chi connectivity index (χ3v) is 2.36. The Hall–Kier alpha value is -1.00. The molecule has 0 aliphatic heterocycles. The molecule has 0 saturated carbocycles. The van der Waals surface area contributed by atoms with Gasteiger partial charge in [-0.3, -0.25) is 0 Å². The average molecular weight is 198 g/mol. The molecule has 4 N–H and O–H groups in total. The zero-order valence-corrected chi connectivity index (χ0v) is 9.13. The van der Waals surface area contributed by atoms with E-state index in [4.69, 9.17) is 20.9 Å². The summed E-state index contributed by atoms with van der Waals surface area (Å²) in [4.78, 5) is 0. The fourth-order valence-electron chi connectivity index (χ4n) is 1.56. The second-order valence-corrected chi connectivity index (χ2v) is 3.99. The van der Waals surface area contributed by atoms with Crippen LogP contribution >= 0.6 is 0 Å². The molecule has 0 radical (unpaired) electrons. The van der Waals surface area contributed by atoms with Crippen molar-refractivity contribution in [3.8, 4) is 0 Å². The van der Waals surface area contributed by atoms with Crippen molar-refractivity contribution in [3.05, 3.63) is 23.7 Å². The summed E-state index contributed by atoms with van der Waals surface area (Å²) in [5.74, 6) is 1.31. The van der Waals surface area contributed by atoms with Crippen LogP contribution in [0.15, 0.2) is 23.7 Å². The zero-order chi connectivity index (χ0) is 11.0. The molecule has 0 saturated heterocycles. The number of rotatable bonds is 2. The highest BCUT2D eigenvalue weighted by Gasteiger charge is 2.36. The lowest BCUT2D eigenvalue weighted by molar-refractivity contribution is 0.202. The van der Waals surface area contributed by atoms with Gasteiger partial charge in [-0.05, 0) is 26.0 Å². The first-order chi connectivity index (χ1) is 6.33. The predicted molar refractivity (Wildman–Crippen MR) is 55.4 cm³/mol. The Kier molecular flexibility index (Phi) is 2.61. The summed E-state index contributed by atoms with van der Waals surface area (Å²) in [6.07, 6.45) is 3.57. The first-order valence-corrected chi connectivity index (χ1v) is 4.46. The average Bonchev–Trinajstić information content (AvgIpc) is 2.08. The number of ether oxygens (including phenoxy) is 2. The van der Waals surface area contributed by atoms with Crippen LogP contribution < -0.4 is 11.5 Å². The van der Waals surface area contributed by atoms with Gasteiger partial charge in [0.05, 0.1) is 25.3 Å². The van der Waals surface area contributed by atoms with Crippen LogP contribution in [0.1, 0.15) is 13.8 Å². The topological polar surface area (TPSA) is 70.5 Å². The van der Waals surface area contributed by atoms with Gasteiger partial charge in [0.1, 0.15) is 11.5 Å². The molecule has 1 aliphatic carbocycles. The first-order valence-electron chi connectivity index (χ1n) is 4.46. The Labute approximate surface area is 84.5 Å².